The van der Waals surface area contributed by atoms with E-state index < -0.39 is 35.8 Å². The van der Waals surface area contributed by atoms with Gasteiger partial charge in [0, 0.05) is 0 Å². The van der Waals surface area contributed by atoms with Crippen LogP contribution in [-0.4, -0.2) is 55.7 Å². The van der Waals surface area contributed by atoms with Crippen LogP contribution in [0, 0.1) is 17.2 Å². The molecule has 0 bridgehead atoms. The van der Waals surface area contributed by atoms with E-state index in [1.54, 1.807) is 13.0 Å². The predicted octanol–water partition coefficient (Wildman–Crippen LogP) is 0.573. The highest BCUT2D eigenvalue weighted by atomic mass is 16.6. The number of nitrogens with zero attached hydrogens (tertiary/aromatic N) is 4. The van der Waals surface area contributed by atoms with Gasteiger partial charge in [-0.15, -0.1) is 0 Å². The van der Waals surface area contributed by atoms with Crippen LogP contribution in [-0.2, 0) is 26.3 Å². The number of rotatable bonds is 6. The number of aliphatic hydroxyl groups excluding tert-OH is 2. The molecule has 32 heavy (non-hydrogen) atoms. The quantitative estimate of drug-likeness (QED) is 0.469. The molecule has 5 atom stereocenters. The lowest BCUT2D eigenvalue weighted by molar-refractivity contribution is -0.154. The molecule has 1 fully saturated rings. The molecule has 2 aromatic heterocycles. The van der Waals surface area contributed by atoms with Gasteiger partial charge in [0.15, 0.2) is 5.82 Å². The Morgan fingerprint density at radius 2 is 2.09 bits per heavy atom. The first kappa shape index (κ1) is 21.7. The average Bonchev–Trinajstić information content (AvgIpc) is 3.34. The van der Waals surface area contributed by atoms with Gasteiger partial charge in [-0.05, 0) is 24.1 Å². The van der Waals surface area contributed by atoms with Gasteiger partial charge in [0.2, 0.25) is 5.60 Å². The second-order valence-electron chi connectivity index (χ2n) is 7.82. The first-order chi connectivity index (χ1) is 15.4. The third kappa shape index (κ3) is 3.67. The van der Waals surface area contributed by atoms with Crippen LogP contribution in [0.5, 0.6) is 0 Å². The molecule has 5 unspecified atom stereocenters. The van der Waals surface area contributed by atoms with E-state index >= 15 is 0 Å². The van der Waals surface area contributed by atoms with Crippen molar-refractivity contribution >= 4 is 17.3 Å². The number of anilines is 1. The van der Waals surface area contributed by atoms with Crippen LogP contribution in [0.4, 0.5) is 5.82 Å². The fraction of sp³-hybridized carbons (Fsp3) is 0.364. The van der Waals surface area contributed by atoms with Crippen LogP contribution in [0.3, 0.4) is 0 Å². The van der Waals surface area contributed by atoms with Crippen LogP contribution in [0.2, 0.25) is 0 Å². The summed E-state index contributed by atoms with van der Waals surface area (Å²) >= 11 is 0. The highest BCUT2D eigenvalue weighted by molar-refractivity contribution is 5.72. The van der Waals surface area contributed by atoms with Crippen molar-refractivity contribution in [1.29, 1.82) is 5.26 Å². The normalized spacial score (nSPS) is 26.0. The zero-order valence-electron chi connectivity index (χ0n) is 17.3. The van der Waals surface area contributed by atoms with Crippen LogP contribution in [0.15, 0.2) is 48.8 Å². The van der Waals surface area contributed by atoms with Crippen molar-refractivity contribution in [1.82, 2.24) is 14.6 Å². The number of carbonyl (C=O) groups is 1. The molecule has 4 N–H and O–H groups in total. The lowest BCUT2D eigenvalue weighted by atomic mass is 9.92. The van der Waals surface area contributed by atoms with Crippen molar-refractivity contribution < 1.29 is 24.5 Å². The summed E-state index contributed by atoms with van der Waals surface area (Å²) in [4.78, 5) is 16.3. The first-order valence-corrected chi connectivity index (χ1v) is 10.1. The van der Waals surface area contributed by atoms with E-state index in [4.69, 9.17) is 15.2 Å². The maximum Gasteiger partial charge on any atom is 0.309 e. The number of ether oxygens (including phenoxy) is 2. The number of nitrogens with two attached hydrogens (primary N) is 1. The fourth-order valence-electron chi connectivity index (χ4n) is 3.91. The summed E-state index contributed by atoms with van der Waals surface area (Å²) in [5.74, 6) is -0.705. The molecule has 166 valence electrons. The Morgan fingerprint density at radius 1 is 1.34 bits per heavy atom. The first-order valence-electron chi connectivity index (χ1n) is 10.1. The molecule has 1 saturated heterocycles. The zero-order valence-corrected chi connectivity index (χ0v) is 17.3. The van der Waals surface area contributed by atoms with Crippen molar-refractivity contribution in [2.75, 3.05) is 12.3 Å². The van der Waals surface area contributed by atoms with Crippen molar-refractivity contribution in [2.45, 2.75) is 37.3 Å². The number of nitrogen functional groups attached to an aromatic ring is 1. The zero-order chi connectivity index (χ0) is 22.9. The van der Waals surface area contributed by atoms with Crippen LogP contribution in [0.1, 0.15) is 18.2 Å². The minimum Gasteiger partial charge on any atom is -0.463 e. The summed E-state index contributed by atoms with van der Waals surface area (Å²) < 4.78 is 12.5. The van der Waals surface area contributed by atoms with Crippen LogP contribution >= 0.6 is 0 Å². The van der Waals surface area contributed by atoms with Gasteiger partial charge in [-0.2, -0.15) is 10.4 Å². The Hall–Kier alpha value is -3.52. The van der Waals surface area contributed by atoms with Crippen molar-refractivity contribution in [3.05, 3.63) is 60.0 Å². The average molecular weight is 437 g/mol. The molecule has 0 amide bonds. The van der Waals surface area contributed by atoms with E-state index in [2.05, 4.69) is 10.1 Å². The SMILES string of the molecule is CC(Cc1ccccc1)C(=O)OCC1OC(C#N)(c2ccc3c(N)ncnn23)C(O)C1O. The monoisotopic (exact) mass is 437 g/mol. The number of benzene rings is 1. The maximum absolute atomic E-state index is 12.4. The van der Waals surface area contributed by atoms with Gasteiger partial charge in [0.25, 0.3) is 0 Å². The molecule has 0 aliphatic carbocycles. The molecule has 1 aliphatic heterocycles. The Kier molecular flexibility index (Phi) is 5.80. The van der Waals surface area contributed by atoms with Gasteiger partial charge >= 0.3 is 5.97 Å². The second-order valence-corrected chi connectivity index (χ2v) is 7.82. The summed E-state index contributed by atoms with van der Waals surface area (Å²) in [6.07, 6.45) is -2.47. The number of hydrogen-bond acceptors (Lipinski definition) is 9. The topological polar surface area (TPSA) is 156 Å². The number of fused-ring (bicyclic) bond motifs is 1. The summed E-state index contributed by atoms with van der Waals surface area (Å²) in [5.41, 5.74) is 5.51. The lowest BCUT2D eigenvalue weighted by Crippen LogP contribution is -2.41. The number of carbonyl (C=O) groups excluding carboxylic acids is 1. The molecular weight excluding hydrogens is 414 g/mol. The standard InChI is InChI=1S/C22H23N5O5/c1-13(9-14-5-3-2-4-6-14)21(30)31-10-16-18(28)19(29)22(11-23,32-16)17-8-7-15-20(24)25-12-26-27(15)17/h2-8,12-13,16,18-19,28-29H,9-10H2,1H3,(H2,24,25,26). The fourth-order valence-corrected chi connectivity index (χ4v) is 3.91. The molecule has 10 heteroatoms. The van der Waals surface area contributed by atoms with Crippen molar-refractivity contribution in [2.24, 2.45) is 5.92 Å². The predicted molar refractivity (Wildman–Crippen MR) is 112 cm³/mol. The Morgan fingerprint density at radius 3 is 2.81 bits per heavy atom. The van der Waals surface area contributed by atoms with Gasteiger partial charge in [-0.1, -0.05) is 37.3 Å². The van der Waals surface area contributed by atoms with Gasteiger partial charge in [0.1, 0.15) is 42.8 Å². The summed E-state index contributed by atoms with van der Waals surface area (Å²) in [6, 6.07) is 14.6. The van der Waals surface area contributed by atoms with Crippen molar-refractivity contribution in [3.8, 4) is 6.07 Å². The smallest absolute Gasteiger partial charge is 0.309 e. The molecule has 0 spiro atoms. The number of hydrogen-bond donors (Lipinski definition) is 3. The van der Waals surface area contributed by atoms with E-state index in [0.717, 1.165) is 5.56 Å². The molecule has 3 heterocycles. The number of aliphatic hydroxyl groups is 2. The molecule has 1 aliphatic rings. The van der Waals surface area contributed by atoms with Crippen LogP contribution in [0.25, 0.3) is 5.52 Å². The highest BCUT2D eigenvalue weighted by Crippen LogP contribution is 2.40. The summed E-state index contributed by atoms with van der Waals surface area (Å²) in [6.45, 7) is 1.42. The van der Waals surface area contributed by atoms with E-state index in [9.17, 15) is 20.3 Å². The third-order valence-electron chi connectivity index (χ3n) is 5.66. The maximum atomic E-state index is 12.4. The number of aromatic nitrogens is 3. The van der Waals surface area contributed by atoms with Gasteiger partial charge < -0.3 is 25.4 Å². The van der Waals surface area contributed by atoms with E-state index in [1.165, 1.54) is 16.9 Å². The van der Waals surface area contributed by atoms with Gasteiger partial charge in [-0.25, -0.2) is 9.50 Å². The van der Waals surface area contributed by atoms with Crippen molar-refractivity contribution in [3.63, 3.8) is 0 Å². The molecular formula is C22H23N5O5. The lowest BCUT2D eigenvalue weighted by Gasteiger charge is -2.24. The molecule has 0 saturated carbocycles. The minimum atomic E-state index is -1.93. The molecule has 0 radical (unpaired) electrons. The largest absolute Gasteiger partial charge is 0.463 e. The number of nitriles is 1. The van der Waals surface area contributed by atoms with Gasteiger partial charge in [0.05, 0.1) is 11.6 Å². The summed E-state index contributed by atoms with van der Waals surface area (Å²) in [7, 11) is 0. The Balaban J connectivity index is 1.49. The molecule has 10 nitrogen and oxygen atoms in total. The van der Waals surface area contributed by atoms with Gasteiger partial charge in [-0.3, -0.25) is 4.79 Å². The Labute approximate surface area is 183 Å². The van der Waals surface area contributed by atoms with E-state index in [-0.39, 0.29) is 18.1 Å². The highest BCUT2D eigenvalue weighted by Gasteiger charge is 2.57. The minimum absolute atomic E-state index is 0.182. The van der Waals surface area contributed by atoms with Crippen LogP contribution < -0.4 is 5.73 Å². The summed E-state index contributed by atoms with van der Waals surface area (Å²) in [5, 5.41) is 35.3. The van der Waals surface area contributed by atoms with E-state index in [1.807, 2.05) is 36.4 Å². The second kappa shape index (κ2) is 8.55. The number of esters is 1. The third-order valence-corrected chi connectivity index (χ3v) is 5.66. The molecule has 1 aromatic carbocycles. The molecule has 3 aromatic rings. The molecule has 4 rings (SSSR count). The van der Waals surface area contributed by atoms with E-state index in [0.29, 0.717) is 11.9 Å². The Bertz CT molecular complexity index is 1160.